The van der Waals surface area contributed by atoms with Crippen molar-refractivity contribution in [3.63, 3.8) is 0 Å². The molecule has 0 aliphatic heterocycles. The second-order valence-electron chi connectivity index (χ2n) is 4.90. The summed E-state index contributed by atoms with van der Waals surface area (Å²) in [5, 5.41) is 0. The Hall–Kier alpha value is -1.82. The lowest BCUT2D eigenvalue weighted by Crippen LogP contribution is -2.20. The maximum absolute atomic E-state index is 11.3. The number of hydrogen-bond acceptors (Lipinski definition) is 5. The van der Waals surface area contributed by atoms with Crippen molar-refractivity contribution in [1.82, 2.24) is 9.97 Å². The molecular formula is C14H24N2O4. The Morgan fingerprint density at radius 1 is 1.40 bits per heavy atom. The first-order valence-electron chi connectivity index (χ1n) is 6.16. The topological polar surface area (TPSA) is 101 Å². The lowest BCUT2D eigenvalue weighted by molar-refractivity contribution is -0.106. The average molecular weight is 284 g/mol. The average Bonchev–Trinajstić information content (AvgIpc) is 2.37. The zero-order valence-electron chi connectivity index (χ0n) is 13.0. The van der Waals surface area contributed by atoms with Gasteiger partial charge in [0.2, 0.25) is 5.82 Å². The smallest absolute Gasteiger partial charge is 0.376 e. The summed E-state index contributed by atoms with van der Waals surface area (Å²) in [4.78, 5) is 28.5. The normalized spacial score (nSPS) is 9.70. The van der Waals surface area contributed by atoms with Crippen molar-refractivity contribution >= 4 is 12.3 Å². The minimum atomic E-state index is -0.492. The van der Waals surface area contributed by atoms with Crippen LogP contribution in [-0.2, 0) is 21.4 Å². The number of carbonyl (C=O) groups excluding carboxylic acids is 2. The molecule has 0 aliphatic rings. The maximum atomic E-state index is 11.3. The molecule has 0 atom stereocenters. The third-order valence-corrected chi connectivity index (χ3v) is 2.32. The Morgan fingerprint density at radius 2 is 1.90 bits per heavy atom. The number of aromatic nitrogens is 2. The van der Waals surface area contributed by atoms with Gasteiger partial charge in [-0.15, -0.1) is 0 Å². The lowest BCUT2D eigenvalue weighted by Gasteiger charge is -2.21. The fourth-order valence-corrected chi connectivity index (χ4v) is 1.50. The van der Waals surface area contributed by atoms with E-state index in [0.717, 1.165) is 24.0 Å². The van der Waals surface area contributed by atoms with Gasteiger partial charge in [0.15, 0.2) is 0 Å². The predicted octanol–water partition coefficient (Wildman–Crippen LogP) is 1.50. The molecule has 0 saturated carbocycles. The number of rotatable bonds is 2. The third kappa shape index (κ3) is 5.88. The Morgan fingerprint density at radius 3 is 2.25 bits per heavy atom. The first-order chi connectivity index (χ1) is 8.81. The lowest BCUT2D eigenvalue weighted by atomic mass is 9.88. The first kappa shape index (κ1) is 20.5. The molecular weight excluding hydrogens is 260 g/mol. The van der Waals surface area contributed by atoms with Crippen molar-refractivity contribution in [1.29, 1.82) is 0 Å². The summed E-state index contributed by atoms with van der Waals surface area (Å²) in [6.07, 6.45) is 3.31. The van der Waals surface area contributed by atoms with Crippen LogP contribution < -0.4 is 0 Å². The van der Waals surface area contributed by atoms with Crippen molar-refractivity contribution in [2.75, 3.05) is 7.11 Å². The Kier molecular flexibility index (Phi) is 9.37. The number of aldehydes is 1. The van der Waals surface area contributed by atoms with E-state index in [1.54, 1.807) is 6.20 Å². The predicted molar refractivity (Wildman–Crippen MR) is 76.8 cm³/mol. The number of carbonyl (C=O) groups is 2. The Labute approximate surface area is 119 Å². The molecule has 0 saturated heterocycles. The van der Waals surface area contributed by atoms with Crippen molar-refractivity contribution in [3.05, 3.63) is 23.3 Å². The fourth-order valence-electron chi connectivity index (χ4n) is 1.50. The van der Waals surface area contributed by atoms with E-state index in [4.69, 9.17) is 4.79 Å². The molecule has 6 heteroatoms. The van der Waals surface area contributed by atoms with Crippen LogP contribution in [0, 0.1) is 0 Å². The molecule has 0 aromatic carbocycles. The molecule has 6 nitrogen and oxygen atoms in total. The zero-order valence-corrected chi connectivity index (χ0v) is 13.0. The van der Waals surface area contributed by atoms with Gasteiger partial charge in [0, 0.05) is 11.6 Å². The van der Waals surface area contributed by atoms with Crippen LogP contribution in [0.15, 0.2) is 6.20 Å². The molecule has 1 heterocycles. The molecule has 0 bridgehead atoms. The minimum absolute atomic E-state index is 0. The molecule has 0 amide bonds. The van der Waals surface area contributed by atoms with Crippen molar-refractivity contribution < 1.29 is 19.8 Å². The molecule has 0 aliphatic carbocycles. The Bertz CT molecular complexity index is 439. The number of hydrogen-bond donors (Lipinski definition) is 0. The van der Waals surface area contributed by atoms with Crippen LogP contribution >= 0.6 is 0 Å². The maximum Gasteiger partial charge on any atom is 0.376 e. The van der Waals surface area contributed by atoms with E-state index in [2.05, 4.69) is 35.5 Å². The second-order valence-corrected chi connectivity index (χ2v) is 4.90. The van der Waals surface area contributed by atoms with Gasteiger partial charge in [-0.05, 0) is 18.9 Å². The molecule has 1 aromatic heterocycles. The SMILES string of the molecule is CC=O.CCc1cnc(C(=O)OC)nc1C(C)(C)C.O. The summed E-state index contributed by atoms with van der Waals surface area (Å²) in [5.74, 6) is -0.363. The summed E-state index contributed by atoms with van der Waals surface area (Å²) in [6.45, 7) is 9.69. The van der Waals surface area contributed by atoms with Crippen LogP contribution in [-0.4, -0.2) is 34.8 Å². The quantitative estimate of drug-likeness (QED) is 0.605. The molecule has 114 valence electrons. The fraction of sp³-hybridized carbons (Fsp3) is 0.571. The second kappa shape index (κ2) is 9.14. The van der Waals surface area contributed by atoms with E-state index in [1.165, 1.54) is 14.0 Å². The molecule has 0 unspecified atom stereocenters. The first-order valence-corrected chi connectivity index (χ1v) is 6.16. The van der Waals surface area contributed by atoms with Gasteiger partial charge < -0.3 is 15.0 Å². The van der Waals surface area contributed by atoms with E-state index in [9.17, 15) is 4.79 Å². The Balaban J connectivity index is 0. The van der Waals surface area contributed by atoms with E-state index >= 15 is 0 Å². The minimum Gasteiger partial charge on any atom is -0.463 e. The summed E-state index contributed by atoms with van der Waals surface area (Å²) in [6, 6.07) is 0. The zero-order chi connectivity index (χ0) is 15.1. The van der Waals surface area contributed by atoms with E-state index in [0.29, 0.717) is 0 Å². The molecule has 1 rings (SSSR count). The van der Waals surface area contributed by atoms with Crippen LogP contribution in [0.1, 0.15) is 56.5 Å². The van der Waals surface area contributed by atoms with Gasteiger partial charge in [0.05, 0.1) is 12.8 Å². The highest BCUT2D eigenvalue weighted by atomic mass is 16.5. The summed E-state index contributed by atoms with van der Waals surface area (Å²) in [7, 11) is 1.33. The van der Waals surface area contributed by atoms with Crippen LogP contribution in [0.25, 0.3) is 0 Å². The van der Waals surface area contributed by atoms with Crippen LogP contribution in [0.5, 0.6) is 0 Å². The third-order valence-electron chi connectivity index (χ3n) is 2.32. The van der Waals surface area contributed by atoms with Crippen LogP contribution in [0.2, 0.25) is 0 Å². The highest BCUT2D eigenvalue weighted by Gasteiger charge is 2.22. The monoisotopic (exact) mass is 284 g/mol. The van der Waals surface area contributed by atoms with E-state index in [1.807, 2.05) is 6.92 Å². The van der Waals surface area contributed by atoms with Gasteiger partial charge in [0.25, 0.3) is 0 Å². The van der Waals surface area contributed by atoms with Crippen molar-refractivity contribution in [2.24, 2.45) is 0 Å². The van der Waals surface area contributed by atoms with Gasteiger partial charge in [-0.2, -0.15) is 0 Å². The van der Waals surface area contributed by atoms with Crippen molar-refractivity contribution in [3.8, 4) is 0 Å². The van der Waals surface area contributed by atoms with Gasteiger partial charge >= 0.3 is 5.97 Å². The van der Waals surface area contributed by atoms with E-state index in [-0.39, 0.29) is 16.7 Å². The van der Waals surface area contributed by atoms with Crippen LogP contribution in [0.4, 0.5) is 0 Å². The highest BCUT2D eigenvalue weighted by molar-refractivity contribution is 5.85. The largest absolute Gasteiger partial charge is 0.463 e. The van der Waals surface area contributed by atoms with Gasteiger partial charge in [0.1, 0.15) is 6.29 Å². The summed E-state index contributed by atoms with van der Waals surface area (Å²) in [5.41, 5.74) is 1.88. The number of methoxy groups -OCH3 is 1. The standard InChI is InChI=1S/C12H18N2O2.C2H4O.H2O/c1-6-8-7-13-10(11(15)16-5)14-9(8)12(2,3)4;1-2-3;/h7H,6H2,1-5H3;2H,1H3;1H2. The summed E-state index contributed by atoms with van der Waals surface area (Å²) < 4.78 is 4.61. The summed E-state index contributed by atoms with van der Waals surface area (Å²) >= 11 is 0. The molecule has 20 heavy (non-hydrogen) atoms. The number of aryl methyl sites for hydroxylation is 1. The molecule has 0 radical (unpaired) electrons. The molecule has 2 N–H and O–H groups in total. The van der Waals surface area contributed by atoms with Crippen LogP contribution in [0.3, 0.4) is 0 Å². The van der Waals surface area contributed by atoms with Gasteiger partial charge in [-0.25, -0.2) is 14.8 Å². The molecule has 0 fully saturated rings. The van der Waals surface area contributed by atoms with Gasteiger partial charge in [-0.1, -0.05) is 27.7 Å². The number of esters is 1. The molecule has 1 aromatic rings. The highest BCUT2D eigenvalue weighted by Crippen LogP contribution is 2.23. The van der Waals surface area contributed by atoms with E-state index < -0.39 is 5.97 Å². The van der Waals surface area contributed by atoms with Crippen molar-refractivity contribution in [2.45, 2.75) is 46.5 Å². The number of ether oxygens (including phenoxy) is 1. The number of nitrogens with zero attached hydrogens (tertiary/aromatic N) is 2. The molecule has 0 spiro atoms. The van der Waals surface area contributed by atoms with Gasteiger partial charge in [-0.3, -0.25) is 0 Å².